The van der Waals surface area contributed by atoms with Crippen molar-refractivity contribution in [2.45, 2.75) is 23.0 Å². The molecule has 1 atom stereocenters. The van der Waals surface area contributed by atoms with E-state index in [1.807, 2.05) is 0 Å². The first-order valence-electron chi connectivity index (χ1n) is 11.0. The Morgan fingerprint density at radius 2 is 1.86 bits per heavy atom. The van der Waals surface area contributed by atoms with Crippen molar-refractivity contribution in [3.63, 3.8) is 0 Å². The van der Waals surface area contributed by atoms with Crippen molar-refractivity contribution in [1.29, 1.82) is 0 Å². The first-order valence-corrected chi connectivity index (χ1v) is 12.5. The van der Waals surface area contributed by atoms with Gasteiger partial charge in [0.1, 0.15) is 0 Å². The number of ether oxygens (including phenoxy) is 1. The molecule has 3 aromatic heterocycles. The van der Waals surface area contributed by atoms with Gasteiger partial charge in [-0.15, -0.1) is 0 Å². The van der Waals surface area contributed by atoms with E-state index >= 15 is 0 Å². The zero-order valence-electron chi connectivity index (χ0n) is 19.5. The number of aromatic nitrogens is 3. The number of nitrogens with zero attached hydrogens (tertiary/aromatic N) is 5. The van der Waals surface area contributed by atoms with E-state index in [1.165, 1.54) is 31.5 Å². The summed E-state index contributed by atoms with van der Waals surface area (Å²) in [7, 11) is -2.15. The molecule has 3 N–H and O–H groups in total. The summed E-state index contributed by atoms with van der Waals surface area (Å²) in [5.74, 6) is -0.187. The summed E-state index contributed by atoms with van der Waals surface area (Å²) in [6.45, 7) is 4.83. The molecule has 1 aliphatic rings. The fraction of sp³-hybridized carbons (Fsp3) is 0.304. The number of sulfone groups is 1. The number of nitrogens with two attached hydrogens (primary N) is 1. The molecule has 1 aliphatic heterocycles. The van der Waals surface area contributed by atoms with Crippen molar-refractivity contribution in [2.24, 2.45) is 5.73 Å². The number of amides is 1. The van der Waals surface area contributed by atoms with Gasteiger partial charge in [0.05, 0.1) is 17.9 Å². The summed E-state index contributed by atoms with van der Waals surface area (Å²) in [6, 6.07) is 8.73. The van der Waals surface area contributed by atoms with Crippen LogP contribution in [-0.2, 0) is 14.6 Å². The first-order chi connectivity index (χ1) is 16.7. The van der Waals surface area contributed by atoms with Crippen molar-refractivity contribution in [1.82, 2.24) is 19.9 Å². The van der Waals surface area contributed by atoms with Crippen LogP contribution in [-0.4, -0.2) is 73.4 Å². The molecular weight excluding hydrogens is 470 g/mol. The molecule has 4 rings (SSSR count). The molecule has 0 bridgehead atoms. The molecule has 0 spiro atoms. The van der Waals surface area contributed by atoms with Gasteiger partial charge in [-0.2, -0.15) is 0 Å². The Morgan fingerprint density at radius 1 is 1.09 bits per heavy atom. The molecule has 0 aromatic carbocycles. The molecule has 12 heteroatoms. The third-order valence-corrected chi connectivity index (χ3v) is 7.06. The zero-order valence-corrected chi connectivity index (χ0v) is 20.3. The van der Waals surface area contributed by atoms with Crippen LogP contribution in [0.25, 0.3) is 0 Å². The van der Waals surface area contributed by atoms with Gasteiger partial charge in [-0.3, -0.25) is 4.79 Å². The van der Waals surface area contributed by atoms with E-state index in [-0.39, 0.29) is 27.4 Å². The molecule has 4 heterocycles. The van der Waals surface area contributed by atoms with Crippen LogP contribution in [0, 0.1) is 0 Å². The summed E-state index contributed by atoms with van der Waals surface area (Å²) in [6.07, 6.45) is 4.36. The Morgan fingerprint density at radius 3 is 2.54 bits per heavy atom. The number of rotatable bonds is 7. The maximum atomic E-state index is 13.6. The van der Waals surface area contributed by atoms with Gasteiger partial charge >= 0.3 is 0 Å². The number of hydrogen-bond acceptors (Lipinski definition) is 10. The number of pyridine rings is 3. The minimum atomic E-state index is -4.21. The number of hydrogen-bond donors (Lipinski definition) is 2. The second-order valence-corrected chi connectivity index (χ2v) is 10.0. The molecule has 1 fully saturated rings. The highest BCUT2D eigenvalue weighted by Gasteiger charge is 2.28. The summed E-state index contributed by atoms with van der Waals surface area (Å²) in [5.41, 5.74) is 6.59. The van der Waals surface area contributed by atoms with E-state index in [4.69, 9.17) is 10.5 Å². The molecule has 35 heavy (non-hydrogen) atoms. The molecule has 3 aromatic rings. The third-order valence-electron chi connectivity index (χ3n) is 5.47. The molecule has 1 amide bonds. The van der Waals surface area contributed by atoms with Crippen LogP contribution in [0.2, 0.25) is 0 Å². The van der Waals surface area contributed by atoms with Gasteiger partial charge in [0.15, 0.2) is 10.8 Å². The minimum Gasteiger partial charge on any atom is -0.436 e. The lowest BCUT2D eigenvalue weighted by molar-refractivity contribution is -0.117. The highest BCUT2D eigenvalue weighted by atomic mass is 32.2. The molecule has 11 nitrogen and oxygen atoms in total. The van der Waals surface area contributed by atoms with Crippen LogP contribution >= 0.6 is 0 Å². The lowest BCUT2D eigenvalue weighted by atomic mass is 10.3. The van der Waals surface area contributed by atoms with Crippen molar-refractivity contribution >= 4 is 27.1 Å². The highest BCUT2D eigenvalue weighted by molar-refractivity contribution is 7.91. The first kappa shape index (κ1) is 24.5. The molecule has 0 saturated carbocycles. The second-order valence-electron chi connectivity index (χ2n) is 8.22. The molecule has 1 saturated heterocycles. The van der Waals surface area contributed by atoms with Gasteiger partial charge in [0.2, 0.25) is 26.7 Å². The van der Waals surface area contributed by atoms with E-state index in [0.29, 0.717) is 0 Å². The van der Waals surface area contributed by atoms with E-state index in [2.05, 4.69) is 37.1 Å². The van der Waals surface area contributed by atoms with Crippen LogP contribution in [0.4, 0.5) is 11.4 Å². The Labute approximate surface area is 203 Å². The quantitative estimate of drug-likeness (QED) is 0.493. The van der Waals surface area contributed by atoms with Crippen LogP contribution in [0.1, 0.15) is 6.92 Å². The largest absolute Gasteiger partial charge is 0.436 e. The monoisotopic (exact) mass is 497 g/mol. The lowest BCUT2D eigenvalue weighted by Crippen LogP contribution is -2.44. The SMILES string of the molecule is CC(N)C(=O)Nc1ccnc(S(=O)(=O)c2ncc(N3CCN(C)CC3)cc2Oc2ccccn2)c1. The summed E-state index contributed by atoms with van der Waals surface area (Å²) in [5, 5.41) is 1.99. The minimum absolute atomic E-state index is 0.0342. The third kappa shape index (κ3) is 5.73. The second kappa shape index (κ2) is 10.3. The average molecular weight is 498 g/mol. The molecular formula is C23H27N7O4S. The topological polar surface area (TPSA) is 144 Å². The fourth-order valence-electron chi connectivity index (χ4n) is 3.44. The van der Waals surface area contributed by atoms with E-state index in [1.54, 1.807) is 30.5 Å². The van der Waals surface area contributed by atoms with E-state index in [9.17, 15) is 13.2 Å². The van der Waals surface area contributed by atoms with Crippen molar-refractivity contribution in [3.8, 4) is 11.6 Å². The Hall–Kier alpha value is -3.61. The Kier molecular flexibility index (Phi) is 7.24. The number of likely N-dealkylation sites (N-methyl/N-ethyl adjacent to an activating group) is 1. The van der Waals surface area contributed by atoms with Crippen LogP contribution < -0.4 is 20.7 Å². The van der Waals surface area contributed by atoms with Gasteiger partial charge in [0, 0.05) is 56.4 Å². The van der Waals surface area contributed by atoms with Gasteiger partial charge in [-0.1, -0.05) is 6.07 Å². The average Bonchev–Trinajstić information content (AvgIpc) is 2.85. The molecule has 0 radical (unpaired) electrons. The lowest BCUT2D eigenvalue weighted by Gasteiger charge is -2.34. The van der Waals surface area contributed by atoms with Crippen LogP contribution in [0.3, 0.4) is 0 Å². The smallest absolute Gasteiger partial charge is 0.244 e. The predicted octanol–water partition coefficient (Wildman–Crippen LogP) is 1.53. The number of nitrogens with one attached hydrogen (secondary N) is 1. The molecule has 1 unspecified atom stereocenters. The van der Waals surface area contributed by atoms with Crippen molar-refractivity contribution in [2.75, 3.05) is 43.4 Å². The maximum Gasteiger partial charge on any atom is 0.244 e. The standard InChI is InChI=1S/C23H27N7O4S/c1-16(24)22(31)28-17-6-8-26-21(13-17)35(32,33)23-19(34-20-5-3-4-7-25-20)14-18(15-27-23)30-11-9-29(2)10-12-30/h3-8,13-16H,9-12,24H2,1-2H3,(H,26,28,31). The molecule has 184 valence electrons. The zero-order chi connectivity index (χ0) is 25.0. The number of carbonyl (C=O) groups excluding carboxylic acids is 1. The van der Waals surface area contributed by atoms with Crippen molar-refractivity contribution < 1.29 is 17.9 Å². The van der Waals surface area contributed by atoms with Gasteiger partial charge in [0.25, 0.3) is 0 Å². The summed E-state index contributed by atoms with van der Waals surface area (Å²) >= 11 is 0. The van der Waals surface area contributed by atoms with Crippen LogP contribution in [0.15, 0.2) is 65.0 Å². The highest BCUT2D eigenvalue weighted by Crippen LogP contribution is 2.33. The predicted molar refractivity (Wildman–Crippen MR) is 130 cm³/mol. The van der Waals surface area contributed by atoms with Crippen LogP contribution in [0.5, 0.6) is 11.6 Å². The number of anilines is 2. The fourth-order valence-corrected chi connectivity index (χ4v) is 4.68. The number of carbonyl (C=O) groups is 1. The van der Waals surface area contributed by atoms with E-state index < -0.39 is 21.8 Å². The normalized spacial score (nSPS) is 15.5. The Balaban J connectivity index is 1.72. The molecule has 0 aliphatic carbocycles. The van der Waals surface area contributed by atoms with E-state index in [0.717, 1.165) is 31.9 Å². The van der Waals surface area contributed by atoms with Gasteiger partial charge < -0.3 is 25.6 Å². The summed E-state index contributed by atoms with van der Waals surface area (Å²) < 4.78 is 33.0. The van der Waals surface area contributed by atoms with Crippen molar-refractivity contribution in [3.05, 3.63) is 55.0 Å². The number of piperazine rings is 1. The summed E-state index contributed by atoms with van der Waals surface area (Å²) in [4.78, 5) is 28.7. The maximum absolute atomic E-state index is 13.6. The van der Waals surface area contributed by atoms with Gasteiger partial charge in [-0.05, 0) is 32.2 Å². The Bertz CT molecular complexity index is 1290. The van der Waals surface area contributed by atoms with Gasteiger partial charge in [-0.25, -0.2) is 23.4 Å².